The van der Waals surface area contributed by atoms with Gasteiger partial charge in [-0.3, -0.25) is 0 Å². The zero-order chi connectivity index (χ0) is 12.3. The highest BCUT2D eigenvalue weighted by Crippen LogP contribution is 2.16. The van der Waals surface area contributed by atoms with E-state index < -0.39 is 10.0 Å². The topological polar surface area (TPSA) is 58.2 Å². The third-order valence-electron chi connectivity index (χ3n) is 2.73. The summed E-state index contributed by atoms with van der Waals surface area (Å²) < 4.78 is 26.8. The average molecular weight is 311 g/mol. The highest BCUT2D eigenvalue weighted by atomic mass is 35.5. The van der Waals surface area contributed by atoms with Crippen LogP contribution in [0.15, 0.2) is 29.2 Å². The molecule has 18 heavy (non-hydrogen) atoms. The van der Waals surface area contributed by atoms with Gasteiger partial charge in [0.25, 0.3) is 0 Å². The number of hydrogen-bond donors (Lipinski definition) is 2. The lowest BCUT2D eigenvalue weighted by Gasteiger charge is -2.23. The number of benzene rings is 1. The SMILES string of the molecule is Cl.O=S(=O)(N[C@H]1CCCNC1)c1cccc(Cl)c1. The van der Waals surface area contributed by atoms with E-state index in [2.05, 4.69) is 10.0 Å². The van der Waals surface area contributed by atoms with Crippen molar-refractivity contribution in [3.63, 3.8) is 0 Å². The molecule has 1 aliphatic heterocycles. The molecule has 1 fully saturated rings. The molecule has 0 radical (unpaired) electrons. The molecule has 0 aliphatic carbocycles. The molecule has 4 nitrogen and oxygen atoms in total. The van der Waals surface area contributed by atoms with Gasteiger partial charge in [-0.25, -0.2) is 13.1 Å². The minimum atomic E-state index is -3.46. The third-order valence-corrected chi connectivity index (χ3v) is 4.48. The molecule has 0 saturated carbocycles. The van der Waals surface area contributed by atoms with Crippen LogP contribution in [0.2, 0.25) is 5.02 Å². The molecule has 102 valence electrons. The summed E-state index contributed by atoms with van der Waals surface area (Å²) in [7, 11) is -3.46. The first-order valence-electron chi connectivity index (χ1n) is 5.56. The fourth-order valence-corrected chi connectivity index (χ4v) is 3.44. The van der Waals surface area contributed by atoms with Gasteiger partial charge in [0.15, 0.2) is 0 Å². The molecule has 0 unspecified atom stereocenters. The zero-order valence-corrected chi connectivity index (χ0v) is 12.1. The Morgan fingerprint density at radius 1 is 1.39 bits per heavy atom. The van der Waals surface area contributed by atoms with Gasteiger partial charge >= 0.3 is 0 Å². The maximum atomic E-state index is 12.1. The van der Waals surface area contributed by atoms with Crippen molar-refractivity contribution in [2.45, 2.75) is 23.8 Å². The third kappa shape index (κ3) is 4.10. The van der Waals surface area contributed by atoms with Crippen molar-refractivity contribution in [3.05, 3.63) is 29.3 Å². The minimum absolute atomic E-state index is 0. The molecule has 1 atom stereocenters. The average Bonchev–Trinajstić information content (AvgIpc) is 2.30. The monoisotopic (exact) mass is 310 g/mol. The van der Waals surface area contributed by atoms with Gasteiger partial charge in [0.2, 0.25) is 10.0 Å². The predicted molar refractivity (Wildman–Crippen MR) is 74.9 cm³/mol. The van der Waals surface area contributed by atoms with E-state index in [1.54, 1.807) is 18.2 Å². The lowest BCUT2D eigenvalue weighted by atomic mass is 10.1. The van der Waals surface area contributed by atoms with Crippen molar-refractivity contribution >= 4 is 34.0 Å². The molecule has 2 rings (SSSR count). The Bertz CT molecular complexity index is 488. The fraction of sp³-hybridized carbons (Fsp3) is 0.455. The molecule has 0 amide bonds. The van der Waals surface area contributed by atoms with E-state index in [9.17, 15) is 8.42 Å². The summed E-state index contributed by atoms with van der Waals surface area (Å²) in [4.78, 5) is 0.218. The Kier molecular flexibility index (Phi) is 5.88. The molecular weight excluding hydrogens is 295 g/mol. The predicted octanol–water partition coefficient (Wildman–Crippen LogP) is 1.79. The van der Waals surface area contributed by atoms with E-state index in [-0.39, 0.29) is 23.3 Å². The second-order valence-electron chi connectivity index (χ2n) is 4.12. The van der Waals surface area contributed by atoms with Crippen LogP contribution in [0.5, 0.6) is 0 Å². The van der Waals surface area contributed by atoms with E-state index in [0.29, 0.717) is 11.6 Å². The van der Waals surface area contributed by atoms with E-state index in [0.717, 1.165) is 19.4 Å². The van der Waals surface area contributed by atoms with Crippen LogP contribution in [0.3, 0.4) is 0 Å². The molecule has 1 aromatic carbocycles. The van der Waals surface area contributed by atoms with Crippen LogP contribution in [-0.2, 0) is 10.0 Å². The number of piperidine rings is 1. The quantitative estimate of drug-likeness (QED) is 0.895. The Morgan fingerprint density at radius 2 is 2.17 bits per heavy atom. The van der Waals surface area contributed by atoms with Gasteiger partial charge in [0, 0.05) is 17.6 Å². The van der Waals surface area contributed by atoms with Crippen LogP contribution in [-0.4, -0.2) is 27.5 Å². The zero-order valence-electron chi connectivity index (χ0n) is 9.73. The summed E-state index contributed by atoms with van der Waals surface area (Å²) in [6.45, 7) is 1.63. The number of rotatable bonds is 3. The van der Waals surface area contributed by atoms with Crippen LogP contribution in [0.25, 0.3) is 0 Å². The number of sulfonamides is 1. The standard InChI is InChI=1S/C11H15ClN2O2S.ClH/c12-9-3-1-5-11(7-9)17(15,16)14-10-4-2-6-13-8-10;/h1,3,5,7,10,13-14H,2,4,6,8H2;1H/t10-;/m0./s1. The summed E-state index contributed by atoms with van der Waals surface area (Å²) in [6, 6.07) is 6.26. The summed E-state index contributed by atoms with van der Waals surface area (Å²) in [5, 5.41) is 3.59. The molecule has 1 aliphatic rings. The summed E-state index contributed by atoms with van der Waals surface area (Å²) in [5.41, 5.74) is 0. The summed E-state index contributed by atoms with van der Waals surface area (Å²) >= 11 is 5.79. The Balaban J connectivity index is 0.00000162. The molecular formula is C11H16Cl2N2O2S. The van der Waals surface area contributed by atoms with Gasteiger partial charge in [-0.1, -0.05) is 17.7 Å². The lowest BCUT2D eigenvalue weighted by Crippen LogP contribution is -2.45. The van der Waals surface area contributed by atoms with Crippen molar-refractivity contribution in [2.75, 3.05) is 13.1 Å². The molecule has 7 heteroatoms. The van der Waals surface area contributed by atoms with E-state index in [1.165, 1.54) is 6.07 Å². The lowest BCUT2D eigenvalue weighted by molar-refractivity contribution is 0.428. The van der Waals surface area contributed by atoms with Crippen LogP contribution in [0, 0.1) is 0 Å². The second kappa shape index (κ2) is 6.73. The van der Waals surface area contributed by atoms with E-state index in [1.807, 2.05) is 0 Å². The number of halogens is 2. The van der Waals surface area contributed by atoms with E-state index >= 15 is 0 Å². The van der Waals surface area contributed by atoms with Crippen LogP contribution < -0.4 is 10.0 Å². The molecule has 1 aromatic rings. The van der Waals surface area contributed by atoms with Gasteiger partial charge in [0.05, 0.1) is 4.90 Å². The van der Waals surface area contributed by atoms with Crippen molar-refractivity contribution in [2.24, 2.45) is 0 Å². The largest absolute Gasteiger partial charge is 0.315 e. The van der Waals surface area contributed by atoms with Crippen LogP contribution >= 0.6 is 24.0 Å². The number of hydrogen-bond acceptors (Lipinski definition) is 3. The first-order valence-corrected chi connectivity index (χ1v) is 7.43. The summed E-state index contributed by atoms with van der Waals surface area (Å²) in [5.74, 6) is 0. The maximum Gasteiger partial charge on any atom is 0.240 e. The molecule has 2 N–H and O–H groups in total. The van der Waals surface area contributed by atoms with Crippen molar-refractivity contribution < 1.29 is 8.42 Å². The van der Waals surface area contributed by atoms with E-state index in [4.69, 9.17) is 11.6 Å². The molecule has 0 spiro atoms. The van der Waals surface area contributed by atoms with Gasteiger partial charge in [-0.15, -0.1) is 12.4 Å². The highest BCUT2D eigenvalue weighted by molar-refractivity contribution is 7.89. The maximum absolute atomic E-state index is 12.1. The first kappa shape index (κ1) is 15.7. The second-order valence-corrected chi connectivity index (χ2v) is 6.27. The first-order chi connectivity index (χ1) is 8.08. The van der Waals surface area contributed by atoms with Crippen molar-refractivity contribution in [1.82, 2.24) is 10.0 Å². The summed E-state index contributed by atoms with van der Waals surface area (Å²) in [6.07, 6.45) is 1.86. The van der Waals surface area contributed by atoms with Crippen molar-refractivity contribution in [1.29, 1.82) is 0 Å². The van der Waals surface area contributed by atoms with Gasteiger partial charge in [0.1, 0.15) is 0 Å². The Hall–Kier alpha value is -0.330. The fourth-order valence-electron chi connectivity index (χ4n) is 1.87. The van der Waals surface area contributed by atoms with Gasteiger partial charge in [-0.2, -0.15) is 0 Å². The van der Waals surface area contributed by atoms with Crippen molar-refractivity contribution in [3.8, 4) is 0 Å². The molecule has 0 aromatic heterocycles. The normalized spacial score (nSPS) is 20.2. The van der Waals surface area contributed by atoms with Crippen LogP contribution in [0.1, 0.15) is 12.8 Å². The molecule has 0 bridgehead atoms. The van der Waals surface area contributed by atoms with Gasteiger partial charge < -0.3 is 5.32 Å². The van der Waals surface area contributed by atoms with Crippen LogP contribution in [0.4, 0.5) is 0 Å². The highest BCUT2D eigenvalue weighted by Gasteiger charge is 2.21. The number of nitrogens with one attached hydrogen (secondary N) is 2. The molecule has 1 saturated heterocycles. The Morgan fingerprint density at radius 3 is 2.78 bits per heavy atom. The van der Waals surface area contributed by atoms with Gasteiger partial charge in [-0.05, 0) is 37.6 Å². The Labute approximate surface area is 119 Å². The molecule has 1 heterocycles. The minimum Gasteiger partial charge on any atom is -0.315 e. The smallest absolute Gasteiger partial charge is 0.240 e.